The summed E-state index contributed by atoms with van der Waals surface area (Å²) in [7, 11) is 0. The summed E-state index contributed by atoms with van der Waals surface area (Å²) >= 11 is 0. The molecule has 0 spiro atoms. The second-order valence-corrected chi connectivity index (χ2v) is 5.14. The van der Waals surface area contributed by atoms with Gasteiger partial charge in [0.25, 0.3) is 0 Å². The Morgan fingerprint density at radius 2 is 1.81 bits per heavy atom. The number of pyridine rings is 1. The summed E-state index contributed by atoms with van der Waals surface area (Å²) in [6.45, 7) is 1.84. The summed E-state index contributed by atoms with van der Waals surface area (Å²) in [6.07, 6.45) is 3.71. The van der Waals surface area contributed by atoms with E-state index in [1.165, 1.54) is 11.1 Å². The molecule has 0 saturated heterocycles. The lowest BCUT2D eigenvalue weighted by Gasteiger charge is -2.21. The van der Waals surface area contributed by atoms with Crippen molar-refractivity contribution in [1.82, 2.24) is 4.98 Å². The van der Waals surface area contributed by atoms with Gasteiger partial charge in [0, 0.05) is 24.8 Å². The predicted octanol–water partition coefficient (Wildman–Crippen LogP) is 1.78. The molecular weight excluding hydrogens is 264 g/mol. The molecule has 1 aromatic carbocycles. The van der Waals surface area contributed by atoms with Crippen LogP contribution in [0.25, 0.3) is 0 Å². The van der Waals surface area contributed by atoms with Crippen molar-refractivity contribution in [2.45, 2.75) is 12.8 Å². The maximum absolute atomic E-state index is 8.78. The highest BCUT2D eigenvalue weighted by molar-refractivity contribution is 5.97. The van der Waals surface area contributed by atoms with Gasteiger partial charge >= 0.3 is 0 Å². The topological polar surface area (TPSA) is 74.7 Å². The SMILES string of the molecule is NC(=NO)c1ccnc(N2CCc3ccccc3CC2)c1. The van der Waals surface area contributed by atoms with E-state index in [0.717, 1.165) is 31.7 Å². The van der Waals surface area contributed by atoms with Crippen LogP contribution in [-0.4, -0.2) is 29.1 Å². The second kappa shape index (κ2) is 5.83. The third-order valence-corrected chi connectivity index (χ3v) is 3.89. The first-order valence-corrected chi connectivity index (χ1v) is 7.03. The number of benzene rings is 1. The van der Waals surface area contributed by atoms with E-state index in [1.54, 1.807) is 12.3 Å². The highest BCUT2D eigenvalue weighted by Crippen LogP contribution is 2.20. The van der Waals surface area contributed by atoms with Gasteiger partial charge in [0.05, 0.1) is 0 Å². The van der Waals surface area contributed by atoms with Gasteiger partial charge in [-0.2, -0.15) is 0 Å². The number of oxime groups is 1. The van der Waals surface area contributed by atoms with Crippen LogP contribution in [-0.2, 0) is 12.8 Å². The van der Waals surface area contributed by atoms with Crippen LogP contribution < -0.4 is 10.6 Å². The normalized spacial score (nSPS) is 15.4. The summed E-state index contributed by atoms with van der Waals surface area (Å²) in [5.74, 6) is 0.976. The number of hydrogen-bond acceptors (Lipinski definition) is 4. The van der Waals surface area contributed by atoms with E-state index >= 15 is 0 Å². The van der Waals surface area contributed by atoms with Crippen molar-refractivity contribution in [3.8, 4) is 0 Å². The van der Waals surface area contributed by atoms with Crippen LogP contribution in [0.4, 0.5) is 5.82 Å². The van der Waals surface area contributed by atoms with Gasteiger partial charge in [0.2, 0.25) is 0 Å². The molecule has 3 rings (SSSR count). The molecule has 0 saturated carbocycles. The molecule has 1 aliphatic rings. The molecule has 0 bridgehead atoms. The van der Waals surface area contributed by atoms with E-state index in [9.17, 15) is 0 Å². The molecule has 5 nitrogen and oxygen atoms in total. The zero-order valence-electron chi connectivity index (χ0n) is 11.7. The minimum Gasteiger partial charge on any atom is -0.409 e. The van der Waals surface area contributed by atoms with Crippen molar-refractivity contribution in [3.63, 3.8) is 0 Å². The van der Waals surface area contributed by atoms with Crippen LogP contribution in [0.5, 0.6) is 0 Å². The number of rotatable bonds is 2. The molecule has 0 fully saturated rings. The van der Waals surface area contributed by atoms with Gasteiger partial charge in [-0.1, -0.05) is 29.4 Å². The average Bonchev–Trinajstić information content (AvgIpc) is 2.77. The highest BCUT2D eigenvalue weighted by Gasteiger charge is 2.15. The quantitative estimate of drug-likeness (QED) is 0.381. The fourth-order valence-corrected chi connectivity index (χ4v) is 2.71. The van der Waals surface area contributed by atoms with Crippen LogP contribution in [0.1, 0.15) is 16.7 Å². The Kier molecular flexibility index (Phi) is 3.73. The molecule has 0 atom stereocenters. The van der Waals surface area contributed by atoms with E-state index in [0.29, 0.717) is 5.56 Å². The number of fused-ring (bicyclic) bond motifs is 1. The summed E-state index contributed by atoms with van der Waals surface area (Å²) in [6, 6.07) is 12.2. The minimum absolute atomic E-state index is 0.108. The third-order valence-electron chi connectivity index (χ3n) is 3.89. The van der Waals surface area contributed by atoms with E-state index in [2.05, 4.69) is 39.3 Å². The molecule has 1 aromatic heterocycles. The molecule has 0 unspecified atom stereocenters. The molecule has 5 heteroatoms. The first-order chi connectivity index (χ1) is 10.3. The number of amidine groups is 1. The Bertz CT molecular complexity index is 642. The maximum Gasteiger partial charge on any atom is 0.170 e. The zero-order valence-corrected chi connectivity index (χ0v) is 11.7. The lowest BCUT2D eigenvalue weighted by atomic mass is 10.0. The van der Waals surface area contributed by atoms with Crippen molar-refractivity contribution in [2.75, 3.05) is 18.0 Å². The first kappa shape index (κ1) is 13.4. The van der Waals surface area contributed by atoms with Crippen molar-refractivity contribution >= 4 is 11.7 Å². The summed E-state index contributed by atoms with van der Waals surface area (Å²) in [5.41, 5.74) is 9.15. The molecule has 21 heavy (non-hydrogen) atoms. The number of nitrogens with zero attached hydrogens (tertiary/aromatic N) is 3. The Hall–Kier alpha value is -2.56. The summed E-state index contributed by atoms with van der Waals surface area (Å²) < 4.78 is 0. The molecular formula is C16H18N4O. The largest absolute Gasteiger partial charge is 0.409 e. The third kappa shape index (κ3) is 2.81. The van der Waals surface area contributed by atoms with Crippen LogP contribution in [0, 0.1) is 0 Å². The van der Waals surface area contributed by atoms with Crippen molar-refractivity contribution in [2.24, 2.45) is 10.9 Å². The fraction of sp³-hybridized carbons (Fsp3) is 0.250. The van der Waals surface area contributed by atoms with Gasteiger partial charge in [-0.25, -0.2) is 4.98 Å². The van der Waals surface area contributed by atoms with Crippen LogP contribution >= 0.6 is 0 Å². The van der Waals surface area contributed by atoms with Crippen LogP contribution in [0.15, 0.2) is 47.8 Å². The fourth-order valence-electron chi connectivity index (χ4n) is 2.71. The standard InChI is InChI=1S/C16H18N4O/c17-16(19-21)14-5-8-18-15(11-14)20-9-6-12-3-1-2-4-13(12)7-10-20/h1-5,8,11,21H,6-7,9-10H2,(H2,17,19). The summed E-state index contributed by atoms with van der Waals surface area (Å²) in [5, 5.41) is 11.8. The van der Waals surface area contributed by atoms with E-state index in [-0.39, 0.29) is 5.84 Å². The maximum atomic E-state index is 8.78. The Morgan fingerprint density at radius 3 is 2.43 bits per heavy atom. The van der Waals surface area contributed by atoms with Crippen LogP contribution in [0.2, 0.25) is 0 Å². The molecule has 3 N–H and O–H groups in total. The van der Waals surface area contributed by atoms with Crippen molar-refractivity contribution in [3.05, 3.63) is 59.3 Å². The smallest absolute Gasteiger partial charge is 0.170 e. The minimum atomic E-state index is 0.108. The zero-order chi connectivity index (χ0) is 14.7. The molecule has 2 heterocycles. The Morgan fingerprint density at radius 1 is 1.14 bits per heavy atom. The molecule has 0 radical (unpaired) electrons. The lowest BCUT2D eigenvalue weighted by molar-refractivity contribution is 0.318. The van der Waals surface area contributed by atoms with Gasteiger partial charge in [-0.15, -0.1) is 0 Å². The van der Waals surface area contributed by atoms with Gasteiger partial charge < -0.3 is 15.8 Å². The predicted molar refractivity (Wildman–Crippen MR) is 82.8 cm³/mol. The van der Waals surface area contributed by atoms with E-state index in [1.807, 2.05) is 6.07 Å². The monoisotopic (exact) mass is 282 g/mol. The Labute approximate surface area is 123 Å². The molecule has 0 amide bonds. The first-order valence-electron chi connectivity index (χ1n) is 7.03. The van der Waals surface area contributed by atoms with Gasteiger partial charge in [0.1, 0.15) is 5.82 Å². The molecule has 0 aliphatic carbocycles. The van der Waals surface area contributed by atoms with E-state index in [4.69, 9.17) is 10.9 Å². The van der Waals surface area contributed by atoms with Crippen LogP contribution in [0.3, 0.4) is 0 Å². The van der Waals surface area contributed by atoms with Gasteiger partial charge in [0.15, 0.2) is 5.84 Å². The number of nitrogens with two attached hydrogens (primary N) is 1. The second-order valence-electron chi connectivity index (χ2n) is 5.14. The highest BCUT2D eigenvalue weighted by atomic mass is 16.4. The van der Waals surface area contributed by atoms with Crippen molar-refractivity contribution in [1.29, 1.82) is 0 Å². The summed E-state index contributed by atoms with van der Waals surface area (Å²) in [4.78, 5) is 6.66. The number of aromatic nitrogens is 1. The molecule has 2 aromatic rings. The number of anilines is 1. The van der Waals surface area contributed by atoms with Gasteiger partial charge in [-0.3, -0.25) is 0 Å². The average molecular weight is 282 g/mol. The van der Waals surface area contributed by atoms with E-state index < -0.39 is 0 Å². The Balaban J connectivity index is 1.83. The van der Waals surface area contributed by atoms with Gasteiger partial charge in [-0.05, 0) is 36.1 Å². The molecule has 1 aliphatic heterocycles. The molecule has 108 valence electrons. The van der Waals surface area contributed by atoms with Crippen molar-refractivity contribution < 1.29 is 5.21 Å². The lowest BCUT2D eigenvalue weighted by Crippen LogP contribution is -2.27. The number of hydrogen-bond donors (Lipinski definition) is 2.